The molecule has 0 aliphatic rings. The predicted octanol–water partition coefficient (Wildman–Crippen LogP) is 5.35. The topological polar surface area (TPSA) is 71.7 Å². The van der Waals surface area contributed by atoms with Crippen molar-refractivity contribution in [2.24, 2.45) is 15.4 Å². The highest BCUT2D eigenvalue weighted by molar-refractivity contribution is 5.85. The van der Waals surface area contributed by atoms with Gasteiger partial charge in [-0.15, -0.1) is 0 Å². The lowest BCUT2D eigenvalue weighted by Gasteiger charge is -2.21. The maximum absolute atomic E-state index is 10.4. The van der Waals surface area contributed by atoms with Crippen LogP contribution in [0.4, 0.5) is 11.4 Å². The summed E-state index contributed by atoms with van der Waals surface area (Å²) >= 11 is 0. The highest BCUT2D eigenvalue weighted by atomic mass is 16.3. The second-order valence-electron chi connectivity index (χ2n) is 8.93. The SMILES string of the molecule is CCN(CC)c1ccc(/C=N/CC(C)(C)C/N=C/c2ccc(N(CC)CC)cc2O)c(O)c1. The fourth-order valence-corrected chi connectivity index (χ4v) is 3.69. The first-order valence-electron chi connectivity index (χ1n) is 11.9. The van der Waals surface area contributed by atoms with Crippen molar-refractivity contribution in [3.05, 3.63) is 47.5 Å². The molecule has 6 heteroatoms. The van der Waals surface area contributed by atoms with Gasteiger partial charge in [0.05, 0.1) is 0 Å². The Bertz CT molecular complexity index is 870. The van der Waals surface area contributed by atoms with E-state index < -0.39 is 0 Å². The quantitative estimate of drug-likeness (QED) is 0.426. The Kier molecular flexibility index (Phi) is 9.76. The molecule has 0 radical (unpaired) electrons. The second-order valence-corrected chi connectivity index (χ2v) is 8.93. The van der Waals surface area contributed by atoms with Crippen LogP contribution in [0.2, 0.25) is 0 Å². The van der Waals surface area contributed by atoms with Gasteiger partial charge in [0.1, 0.15) is 11.5 Å². The van der Waals surface area contributed by atoms with Crippen LogP contribution < -0.4 is 9.80 Å². The molecular formula is C27H40N4O2. The molecular weight excluding hydrogens is 412 g/mol. The molecule has 0 unspecified atom stereocenters. The zero-order valence-electron chi connectivity index (χ0n) is 21.0. The molecule has 0 saturated carbocycles. The van der Waals surface area contributed by atoms with Crippen LogP contribution >= 0.6 is 0 Å². The summed E-state index contributed by atoms with van der Waals surface area (Å²) in [5.74, 6) is 0.477. The van der Waals surface area contributed by atoms with Crippen molar-refractivity contribution >= 4 is 23.8 Å². The maximum atomic E-state index is 10.4. The summed E-state index contributed by atoms with van der Waals surface area (Å²) in [4.78, 5) is 13.5. The standard InChI is InChI=1S/C27H40N4O2/c1-7-30(8-2)23-13-11-21(25(32)15-23)17-28-19-27(5,6)20-29-18-22-12-14-24(16-26(22)33)31(9-3)10-4/h11-18,32-33H,7-10,19-20H2,1-6H3/b28-17+,29-18+. The third-order valence-electron chi connectivity index (χ3n) is 5.78. The van der Waals surface area contributed by atoms with Crippen molar-refractivity contribution in [1.82, 2.24) is 0 Å². The molecule has 0 spiro atoms. The molecule has 2 N–H and O–H groups in total. The molecule has 0 fully saturated rings. The number of nitrogens with zero attached hydrogens (tertiary/aromatic N) is 4. The molecule has 2 rings (SSSR count). The summed E-state index contributed by atoms with van der Waals surface area (Å²) < 4.78 is 0. The lowest BCUT2D eigenvalue weighted by Crippen LogP contribution is -2.21. The van der Waals surface area contributed by atoms with Gasteiger partial charge in [-0.1, -0.05) is 13.8 Å². The molecule has 180 valence electrons. The van der Waals surface area contributed by atoms with Gasteiger partial charge in [-0.25, -0.2) is 0 Å². The molecule has 0 bridgehead atoms. The predicted molar refractivity (Wildman–Crippen MR) is 142 cm³/mol. The number of phenols is 2. The highest BCUT2D eigenvalue weighted by Gasteiger charge is 2.16. The molecule has 0 saturated heterocycles. The molecule has 6 nitrogen and oxygen atoms in total. The lowest BCUT2D eigenvalue weighted by molar-refractivity contribution is 0.396. The number of phenolic OH excluding ortho intramolecular Hbond substituents is 2. The smallest absolute Gasteiger partial charge is 0.126 e. The minimum Gasteiger partial charge on any atom is -0.507 e. The van der Waals surface area contributed by atoms with Crippen molar-refractivity contribution in [3.8, 4) is 11.5 Å². The van der Waals surface area contributed by atoms with E-state index in [9.17, 15) is 10.2 Å². The van der Waals surface area contributed by atoms with Gasteiger partial charge in [-0.05, 0) is 52.0 Å². The monoisotopic (exact) mass is 452 g/mol. The summed E-state index contributed by atoms with van der Waals surface area (Å²) in [6.07, 6.45) is 3.45. The van der Waals surface area contributed by atoms with Gasteiger partial charge in [0.2, 0.25) is 0 Å². The Morgan fingerprint density at radius 3 is 1.36 bits per heavy atom. The highest BCUT2D eigenvalue weighted by Crippen LogP contribution is 2.25. The molecule has 0 atom stereocenters. The van der Waals surface area contributed by atoms with Crippen molar-refractivity contribution in [2.75, 3.05) is 49.1 Å². The van der Waals surface area contributed by atoms with E-state index in [1.54, 1.807) is 24.6 Å². The molecule has 0 aliphatic carbocycles. The van der Waals surface area contributed by atoms with E-state index in [2.05, 4.69) is 61.3 Å². The minimum atomic E-state index is -0.152. The summed E-state index contributed by atoms with van der Waals surface area (Å²) in [5.41, 5.74) is 3.29. The van der Waals surface area contributed by atoms with E-state index in [1.165, 1.54) is 0 Å². The Labute approximate surface area is 199 Å². The fraction of sp³-hybridized carbons (Fsp3) is 0.481. The van der Waals surface area contributed by atoms with E-state index >= 15 is 0 Å². The first kappa shape index (κ1) is 26.2. The van der Waals surface area contributed by atoms with E-state index in [0.717, 1.165) is 37.6 Å². The van der Waals surface area contributed by atoms with Gasteiger partial charge in [-0.2, -0.15) is 0 Å². The maximum Gasteiger partial charge on any atom is 0.126 e. The summed E-state index contributed by atoms with van der Waals surface area (Å²) in [5, 5.41) is 20.7. The number of aliphatic imine (C=N–C) groups is 2. The van der Waals surface area contributed by atoms with Crippen molar-refractivity contribution < 1.29 is 10.2 Å². The summed E-state index contributed by atoms with van der Waals surface area (Å²) in [6.45, 7) is 17.4. The minimum absolute atomic E-state index is 0.152. The first-order chi connectivity index (χ1) is 15.7. The van der Waals surface area contributed by atoms with Gasteiger partial charge in [0.25, 0.3) is 0 Å². The number of anilines is 2. The van der Waals surface area contributed by atoms with E-state index in [0.29, 0.717) is 24.2 Å². The number of rotatable bonds is 12. The number of aromatic hydroxyl groups is 2. The van der Waals surface area contributed by atoms with E-state index in [4.69, 9.17) is 0 Å². The molecule has 0 aliphatic heterocycles. The Morgan fingerprint density at radius 2 is 1.06 bits per heavy atom. The second kappa shape index (κ2) is 12.3. The zero-order chi connectivity index (χ0) is 24.4. The van der Waals surface area contributed by atoms with Crippen molar-refractivity contribution in [2.45, 2.75) is 41.5 Å². The molecule has 33 heavy (non-hydrogen) atoms. The van der Waals surface area contributed by atoms with E-state index in [-0.39, 0.29) is 16.9 Å². The molecule has 2 aromatic carbocycles. The lowest BCUT2D eigenvalue weighted by atomic mass is 9.94. The average Bonchev–Trinajstić information content (AvgIpc) is 2.78. The third-order valence-corrected chi connectivity index (χ3v) is 5.78. The summed E-state index contributed by atoms with van der Waals surface area (Å²) in [7, 11) is 0. The van der Waals surface area contributed by atoms with Gasteiger partial charge < -0.3 is 20.0 Å². The van der Waals surface area contributed by atoms with Crippen LogP contribution in [-0.2, 0) is 0 Å². The molecule has 0 aromatic heterocycles. The fourth-order valence-electron chi connectivity index (χ4n) is 3.69. The van der Waals surface area contributed by atoms with Crippen LogP contribution in [-0.4, -0.2) is 61.9 Å². The van der Waals surface area contributed by atoms with Gasteiger partial charge in [0, 0.05) is 91.7 Å². The number of hydrogen-bond acceptors (Lipinski definition) is 6. The van der Waals surface area contributed by atoms with Crippen LogP contribution in [0.15, 0.2) is 46.4 Å². The molecule has 0 amide bonds. The summed E-state index contributed by atoms with van der Waals surface area (Å²) in [6, 6.07) is 11.4. The number of benzene rings is 2. The first-order valence-corrected chi connectivity index (χ1v) is 11.9. The third kappa shape index (κ3) is 7.52. The Balaban J connectivity index is 1.97. The van der Waals surface area contributed by atoms with Crippen LogP contribution in [0.3, 0.4) is 0 Å². The van der Waals surface area contributed by atoms with Crippen LogP contribution in [0, 0.1) is 5.41 Å². The van der Waals surface area contributed by atoms with E-state index in [1.807, 2.05) is 24.3 Å². The van der Waals surface area contributed by atoms with Gasteiger partial charge in [0.15, 0.2) is 0 Å². The van der Waals surface area contributed by atoms with Crippen LogP contribution in [0.1, 0.15) is 52.7 Å². The van der Waals surface area contributed by atoms with Gasteiger partial charge >= 0.3 is 0 Å². The number of hydrogen-bond donors (Lipinski definition) is 2. The van der Waals surface area contributed by atoms with Crippen LogP contribution in [0.5, 0.6) is 11.5 Å². The largest absolute Gasteiger partial charge is 0.507 e. The zero-order valence-corrected chi connectivity index (χ0v) is 21.0. The van der Waals surface area contributed by atoms with Crippen LogP contribution in [0.25, 0.3) is 0 Å². The molecule has 0 heterocycles. The van der Waals surface area contributed by atoms with Gasteiger partial charge in [-0.3, -0.25) is 9.98 Å². The molecule has 2 aromatic rings. The van der Waals surface area contributed by atoms with Crippen molar-refractivity contribution in [1.29, 1.82) is 0 Å². The normalized spacial score (nSPS) is 12.1. The average molecular weight is 453 g/mol. The Morgan fingerprint density at radius 1 is 0.697 bits per heavy atom. The Hall–Kier alpha value is -3.02. The van der Waals surface area contributed by atoms with Crippen molar-refractivity contribution in [3.63, 3.8) is 0 Å².